The molecule has 4 aromatic rings. The number of hydrogen-bond donors (Lipinski definition) is 7. The molecule has 30 heteroatoms. The second-order valence-corrected chi connectivity index (χ2v) is 27.0. The molecule has 8 N–H and O–H groups in total. The standard InChI is InChI=1S/C57H62F4N9O14PS2/c1-87(83,84)68-24-21-36-11-14-45(70(36)56(79)43(30-68)65-53(76)47-28-34-27-35(10-16-46(34)86-47)57(60,61)85(80,81)82)52(75)63-41(13-17-48(62)71)50(73)64-42(26-32-9-12-39(58)40(59)25-32)55(78)67-22-19-31(20-23-67)5-2-3-6-33-7-4-8-37-38(33)29-69(54(37)77)44-15-18-49(72)66-51(44)74/h4,7-10,12,16,25,27-28,31,36,41-45H,2,5,11,13-15,17-24,26,29-30H2,1H3,(H2,62,71)(H,63,75)(H,64,73)(H,65,76)(H,66,72,74)(H2,80,81,82)/t36-,41+,42+,43+,44?,45+/m1/s1. The fraction of sp³-hybridized carbons (Fsp3) is 0.456. The highest BCUT2D eigenvalue weighted by Gasteiger charge is 2.51. The normalized spacial score (nSPS) is 21.2. The summed E-state index contributed by atoms with van der Waals surface area (Å²) >= 11 is 0.779. The molecule has 5 aliphatic heterocycles. The molecule has 6 atom stereocenters. The van der Waals surface area contributed by atoms with Gasteiger partial charge in [0.25, 0.3) is 11.8 Å². The number of nitrogens with one attached hydrogen (secondary N) is 4. The van der Waals surface area contributed by atoms with Gasteiger partial charge in [0.15, 0.2) is 11.6 Å². The van der Waals surface area contributed by atoms with Crippen molar-refractivity contribution >= 4 is 92.2 Å². The van der Waals surface area contributed by atoms with E-state index >= 15 is 0 Å². The lowest BCUT2D eigenvalue weighted by atomic mass is 9.91. The Bertz CT molecular complexity index is 3700. The first-order valence-electron chi connectivity index (χ1n) is 28.0. The van der Waals surface area contributed by atoms with Crippen LogP contribution >= 0.6 is 18.9 Å². The van der Waals surface area contributed by atoms with Gasteiger partial charge in [0, 0.05) is 85.8 Å². The zero-order valence-electron chi connectivity index (χ0n) is 46.8. The van der Waals surface area contributed by atoms with Crippen LogP contribution in [0, 0.1) is 29.4 Å². The average molecular weight is 1270 g/mol. The molecule has 4 saturated heterocycles. The van der Waals surface area contributed by atoms with Crippen LogP contribution in [0.15, 0.2) is 60.7 Å². The lowest BCUT2D eigenvalue weighted by Gasteiger charge is -2.38. The first-order valence-corrected chi connectivity index (χ1v) is 32.3. The zero-order chi connectivity index (χ0) is 62.9. The third-order valence-corrected chi connectivity index (χ3v) is 19.8. The summed E-state index contributed by atoms with van der Waals surface area (Å²) in [6.45, 7) is -0.131. The van der Waals surface area contributed by atoms with Crippen LogP contribution in [-0.2, 0) is 66.8 Å². The molecule has 4 fully saturated rings. The van der Waals surface area contributed by atoms with Crippen LogP contribution in [-0.4, -0.2) is 159 Å². The zero-order valence-corrected chi connectivity index (χ0v) is 49.3. The Morgan fingerprint density at radius 3 is 2.34 bits per heavy atom. The average Bonchev–Trinajstić information content (AvgIpc) is 2.06. The number of primary amides is 1. The van der Waals surface area contributed by atoms with Gasteiger partial charge >= 0.3 is 13.3 Å². The largest absolute Gasteiger partial charge is 0.399 e. The number of thiophene rings is 1. The number of piperidine rings is 2. The number of carbonyl (C=O) groups excluding carboxylic acids is 9. The van der Waals surface area contributed by atoms with Crippen molar-refractivity contribution in [1.29, 1.82) is 0 Å². The van der Waals surface area contributed by atoms with Gasteiger partial charge in [-0.25, -0.2) is 17.2 Å². The molecule has 0 saturated carbocycles. The van der Waals surface area contributed by atoms with E-state index in [-0.39, 0.29) is 97.1 Å². The number of hydrogen-bond acceptors (Lipinski definition) is 13. The predicted octanol–water partition coefficient (Wildman–Crippen LogP) is 2.84. The number of nitrogens with two attached hydrogens (primary N) is 1. The molecule has 9 rings (SSSR count). The number of nitrogens with zero attached hydrogens (tertiary/aromatic N) is 4. The van der Waals surface area contributed by atoms with Gasteiger partial charge in [0.2, 0.25) is 51.4 Å². The van der Waals surface area contributed by atoms with E-state index in [0.29, 0.717) is 42.4 Å². The van der Waals surface area contributed by atoms with Crippen LogP contribution in [0.25, 0.3) is 10.1 Å². The number of benzene rings is 3. The summed E-state index contributed by atoms with van der Waals surface area (Å²) in [6, 6.07) is 4.43. The third kappa shape index (κ3) is 14.4. The van der Waals surface area contributed by atoms with E-state index in [9.17, 15) is 83.5 Å². The Morgan fingerprint density at radius 2 is 1.66 bits per heavy atom. The van der Waals surface area contributed by atoms with Crippen molar-refractivity contribution in [1.82, 2.24) is 40.3 Å². The van der Waals surface area contributed by atoms with E-state index in [2.05, 4.69) is 33.1 Å². The number of imide groups is 1. The van der Waals surface area contributed by atoms with Crippen molar-refractivity contribution in [3.8, 4) is 11.8 Å². The minimum atomic E-state index is -5.95. The van der Waals surface area contributed by atoms with Crippen molar-refractivity contribution in [2.75, 3.05) is 32.4 Å². The first kappa shape index (κ1) is 63.9. The molecular formula is C57H62F4N9O14PS2. The van der Waals surface area contributed by atoms with Crippen LogP contribution in [0.5, 0.6) is 0 Å². The molecular weight excluding hydrogens is 1210 g/mol. The van der Waals surface area contributed by atoms with Crippen LogP contribution in [0.1, 0.15) is 113 Å². The lowest BCUT2D eigenvalue weighted by molar-refractivity contribution is -0.144. The third-order valence-electron chi connectivity index (χ3n) is 16.4. The Kier molecular flexibility index (Phi) is 19.1. The van der Waals surface area contributed by atoms with Crippen molar-refractivity contribution in [3.05, 3.63) is 105 Å². The number of likely N-dealkylation sites (tertiary alicyclic amines) is 1. The highest BCUT2D eigenvalue weighted by Crippen LogP contribution is 2.59. The van der Waals surface area contributed by atoms with E-state index in [4.69, 9.17) is 5.73 Å². The number of rotatable bonds is 18. The molecule has 6 heterocycles. The summed E-state index contributed by atoms with van der Waals surface area (Å²) in [6.07, 6.45) is 2.39. The Hall–Kier alpha value is -7.61. The number of fused-ring (bicyclic) bond motifs is 3. The van der Waals surface area contributed by atoms with E-state index in [1.807, 2.05) is 0 Å². The number of amides is 9. The molecule has 1 aromatic heterocycles. The van der Waals surface area contributed by atoms with Gasteiger partial charge in [-0.3, -0.25) is 53.0 Å². The Balaban J connectivity index is 0.869. The summed E-state index contributed by atoms with van der Waals surface area (Å²) in [7, 11) is -9.97. The quantitative estimate of drug-likeness (QED) is 0.0326. The van der Waals surface area contributed by atoms with Gasteiger partial charge in [-0.1, -0.05) is 30.0 Å². The van der Waals surface area contributed by atoms with E-state index in [1.54, 1.807) is 18.2 Å². The lowest BCUT2D eigenvalue weighted by Crippen LogP contribution is -2.62. The van der Waals surface area contributed by atoms with E-state index in [1.165, 1.54) is 20.8 Å². The fourth-order valence-corrected chi connectivity index (χ4v) is 14.0. The molecule has 0 aliphatic carbocycles. The summed E-state index contributed by atoms with van der Waals surface area (Å²) < 4.78 is 96.8. The highest BCUT2D eigenvalue weighted by molar-refractivity contribution is 7.88. The molecule has 464 valence electrons. The van der Waals surface area contributed by atoms with Gasteiger partial charge in [0.05, 0.1) is 11.1 Å². The summed E-state index contributed by atoms with van der Waals surface area (Å²) in [4.78, 5) is 144. The molecule has 0 radical (unpaired) electrons. The van der Waals surface area contributed by atoms with Crippen LogP contribution in [0.2, 0.25) is 0 Å². The minimum absolute atomic E-state index is 0.00153. The minimum Gasteiger partial charge on any atom is -0.370 e. The van der Waals surface area contributed by atoms with E-state index in [0.717, 1.165) is 58.3 Å². The van der Waals surface area contributed by atoms with Crippen molar-refractivity contribution in [2.24, 2.45) is 11.7 Å². The molecule has 3 aromatic carbocycles. The molecule has 1 unspecified atom stereocenters. The molecule has 87 heavy (non-hydrogen) atoms. The topological polar surface area (TPSA) is 332 Å². The van der Waals surface area contributed by atoms with Crippen LogP contribution in [0.3, 0.4) is 0 Å². The van der Waals surface area contributed by atoms with Crippen LogP contribution in [0.4, 0.5) is 17.6 Å². The molecule has 0 spiro atoms. The van der Waals surface area contributed by atoms with Gasteiger partial charge in [-0.05, 0) is 116 Å². The second-order valence-electron chi connectivity index (χ2n) is 22.3. The SMILES string of the molecule is CS(=O)(=O)N1CC[C@H]2CC[C@@H](C(=O)N[C@@H](CCC(N)=O)C(=O)N[C@@H](Cc3ccc(F)c(F)c3)C(=O)N3CCC(CCC#Cc4cccc5c4CN(C4CCC(=O)NC4=O)C5=O)CC3)N2C(=O)[C@@H](NC(=O)c2cc3cc(C(F)(F)P(=O)(O)O)ccc3s2)C1. The van der Waals surface area contributed by atoms with Crippen molar-refractivity contribution < 1.29 is 83.5 Å². The maximum atomic E-state index is 14.7. The maximum absolute atomic E-state index is 14.7. The van der Waals surface area contributed by atoms with Gasteiger partial charge < -0.3 is 46.2 Å². The summed E-state index contributed by atoms with van der Waals surface area (Å²) in [5.74, 6) is -2.32. The van der Waals surface area contributed by atoms with Crippen LogP contribution < -0.4 is 27.0 Å². The first-order chi connectivity index (χ1) is 41.1. The summed E-state index contributed by atoms with van der Waals surface area (Å²) in [5, 5.41) is 10.1. The predicted molar refractivity (Wildman–Crippen MR) is 304 cm³/mol. The van der Waals surface area contributed by atoms with Gasteiger partial charge in [-0.2, -0.15) is 13.1 Å². The Labute approximate surface area is 500 Å². The van der Waals surface area contributed by atoms with E-state index < -0.39 is 143 Å². The Morgan fingerprint density at radius 1 is 0.908 bits per heavy atom. The van der Waals surface area contributed by atoms with Crippen molar-refractivity contribution in [3.63, 3.8) is 0 Å². The number of sulfonamides is 1. The number of carbonyl (C=O) groups is 9. The maximum Gasteiger partial charge on any atom is 0.399 e. The van der Waals surface area contributed by atoms with Gasteiger partial charge in [0.1, 0.15) is 30.2 Å². The molecule has 0 bridgehead atoms. The number of alkyl halides is 2. The molecule has 5 aliphatic rings. The second kappa shape index (κ2) is 26.0. The van der Waals surface area contributed by atoms with Crippen molar-refractivity contribution in [2.45, 2.75) is 126 Å². The smallest absolute Gasteiger partial charge is 0.370 e. The number of halogens is 4. The monoisotopic (exact) mass is 1270 g/mol. The highest BCUT2D eigenvalue weighted by atomic mass is 32.2. The molecule has 23 nitrogen and oxygen atoms in total. The molecule has 9 amide bonds. The van der Waals surface area contributed by atoms with Gasteiger partial charge in [-0.15, -0.1) is 11.3 Å². The fourth-order valence-electron chi connectivity index (χ4n) is 11.7. The summed E-state index contributed by atoms with van der Waals surface area (Å²) in [5.41, 5.74) is 1.80.